The normalized spacial score (nSPS) is 11.3. The van der Waals surface area contributed by atoms with E-state index >= 15 is 0 Å². The third kappa shape index (κ3) is 1.92. The van der Waals surface area contributed by atoms with Crippen molar-refractivity contribution in [3.8, 4) is 0 Å². The number of aromatic nitrogens is 2. The molecular weight excluding hydrogens is 313 g/mol. The van der Waals surface area contributed by atoms with E-state index in [9.17, 15) is 0 Å². The topological polar surface area (TPSA) is 17.8 Å². The molecule has 0 N–H and O–H groups in total. The Bertz CT molecular complexity index is 216. The molecule has 1 rings (SSSR count). The summed E-state index contributed by atoms with van der Waals surface area (Å²) in [5.41, 5.74) is 0.703. The fourth-order valence-corrected chi connectivity index (χ4v) is 2.44. The molecule has 0 bridgehead atoms. The first-order chi connectivity index (χ1) is 4.24. The smallest absolute Gasteiger partial charge is 0.141 e. The van der Waals surface area contributed by atoms with Gasteiger partial charge in [0.25, 0.3) is 0 Å². The fourth-order valence-electron chi connectivity index (χ4n) is 0.433. The first-order valence-electron chi connectivity index (χ1n) is 2.11. The Hall–Kier alpha value is 0.915. The van der Waals surface area contributed by atoms with Gasteiger partial charge in [-0.25, -0.2) is 0 Å². The van der Waals surface area contributed by atoms with Crippen molar-refractivity contribution in [1.29, 1.82) is 0 Å². The van der Waals surface area contributed by atoms with Crippen LogP contribution in [0.2, 0.25) is 0 Å². The van der Waals surface area contributed by atoms with Crippen molar-refractivity contribution in [2.75, 3.05) is 0 Å². The van der Waals surface area contributed by atoms with Crippen LogP contribution < -0.4 is 5.59 Å². The van der Waals surface area contributed by atoms with Crippen LogP contribution in [0.5, 0.6) is 0 Å². The van der Waals surface area contributed by atoms with Gasteiger partial charge in [-0.05, 0) is 49.6 Å². The minimum atomic E-state index is 0.570. The largest absolute Gasteiger partial charge is 0.252 e. The Balaban J connectivity index is 3.01. The molecule has 0 saturated carbocycles. The molecule has 1 atom stereocenters. The summed E-state index contributed by atoms with van der Waals surface area (Å²) in [4.78, 5) is 0. The summed E-state index contributed by atoms with van der Waals surface area (Å²) in [6.07, 6.45) is 0.570. The number of rotatable bonds is 1. The summed E-state index contributed by atoms with van der Waals surface area (Å²) in [5, 5.41) is 4.04. The van der Waals surface area contributed by atoms with Gasteiger partial charge in [0.2, 0.25) is 0 Å². The lowest BCUT2D eigenvalue weighted by Gasteiger charge is -1.93. The second kappa shape index (κ2) is 3.35. The second-order valence-electron chi connectivity index (χ2n) is 1.39. The first-order valence-corrected chi connectivity index (χ1v) is 6.97. The molecule has 46 valence electrons. The van der Waals surface area contributed by atoms with Gasteiger partial charge in [0.15, 0.2) is 0 Å². The summed E-state index contributed by atoms with van der Waals surface area (Å²) in [7, 11) is 5.52. The van der Waals surface area contributed by atoms with Crippen molar-refractivity contribution in [1.82, 2.24) is 9.55 Å². The maximum Gasteiger partial charge on any atom is 0.141 e. The van der Waals surface area contributed by atoms with Gasteiger partial charge < -0.3 is 0 Å². The maximum absolute atomic E-state index is 5.52. The third-order valence-corrected chi connectivity index (χ3v) is 3.06. The molecule has 1 aromatic heterocycles. The zero-order valence-electron chi connectivity index (χ0n) is 4.31. The standard InChI is InChI=1S/C3H2BBrIN2P/c4-2-1-3(5)7-8(2)9-6/h1,9H. The van der Waals surface area contributed by atoms with Crippen molar-refractivity contribution in [2.45, 2.75) is 0 Å². The minimum absolute atomic E-state index is 0.570. The second-order valence-corrected chi connectivity index (χ2v) is 4.24. The van der Waals surface area contributed by atoms with Gasteiger partial charge >= 0.3 is 0 Å². The summed E-state index contributed by atoms with van der Waals surface area (Å²) in [6, 6.07) is 1.78. The van der Waals surface area contributed by atoms with Crippen LogP contribution in [0.1, 0.15) is 0 Å². The van der Waals surface area contributed by atoms with Crippen LogP contribution in [0.15, 0.2) is 10.7 Å². The molecule has 0 aromatic carbocycles. The predicted molar refractivity (Wildman–Crippen MR) is 53.0 cm³/mol. The van der Waals surface area contributed by atoms with E-state index in [4.69, 9.17) is 7.85 Å². The summed E-state index contributed by atoms with van der Waals surface area (Å²) in [5.74, 6) is 0. The van der Waals surface area contributed by atoms with E-state index in [0.29, 0.717) is 12.0 Å². The zero-order valence-corrected chi connectivity index (χ0v) is 9.05. The van der Waals surface area contributed by atoms with E-state index in [0.717, 1.165) is 4.60 Å². The fraction of sp³-hybridized carbons (Fsp3) is 0. The minimum Gasteiger partial charge on any atom is -0.252 e. The van der Waals surface area contributed by atoms with Crippen LogP contribution in [-0.2, 0) is 0 Å². The van der Waals surface area contributed by atoms with Gasteiger partial charge in [0, 0.05) is 0 Å². The zero-order chi connectivity index (χ0) is 6.85. The van der Waals surface area contributed by atoms with Crippen LogP contribution in [0.3, 0.4) is 0 Å². The molecule has 0 fully saturated rings. The molecule has 1 unspecified atom stereocenters. The molecule has 0 aliphatic rings. The summed E-state index contributed by atoms with van der Waals surface area (Å²) >= 11 is 5.43. The SMILES string of the molecule is [B]c1cc(Br)nn1PI. The van der Waals surface area contributed by atoms with Crippen molar-refractivity contribution >= 4 is 57.8 Å². The first kappa shape index (κ1) is 8.02. The molecule has 0 aliphatic carbocycles. The number of nitrogens with zero attached hydrogens (tertiary/aromatic N) is 2. The Morgan fingerprint density at radius 3 is 2.78 bits per heavy atom. The summed E-state index contributed by atoms with van der Waals surface area (Å²) < 4.78 is 2.54. The average Bonchev–Trinajstić information content (AvgIpc) is 2.10. The van der Waals surface area contributed by atoms with E-state index in [2.05, 4.69) is 43.1 Å². The van der Waals surface area contributed by atoms with Crippen molar-refractivity contribution in [3.05, 3.63) is 10.7 Å². The predicted octanol–water partition coefficient (Wildman–Crippen LogP) is 1.23. The lowest BCUT2D eigenvalue weighted by molar-refractivity contribution is 1.02. The van der Waals surface area contributed by atoms with E-state index in [1.807, 2.05) is 0 Å². The summed E-state index contributed by atoms with van der Waals surface area (Å²) in [6.45, 7) is 0. The van der Waals surface area contributed by atoms with Crippen molar-refractivity contribution in [3.63, 3.8) is 0 Å². The van der Waals surface area contributed by atoms with Crippen molar-refractivity contribution < 1.29 is 0 Å². The van der Waals surface area contributed by atoms with Crippen LogP contribution in [0.25, 0.3) is 0 Å². The van der Waals surface area contributed by atoms with Gasteiger partial charge in [0.1, 0.15) is 12.4 Å². The highest BCUT2D eigenvalue weighted by Crippen LogP contribution is 2.21. The molecule has 0 aliphatic heterocycles. The average molecular weight is 315 g/mol. The van der Waals surface area contributed by atoms with Crippen LogP contribution in [0.4, 0.5) is 0 Å². The van der Waals surface area contributed by atoms with E-state index in [1.54, 1.807) is 10.5 Å². The molecule has 0 spiro atoms. The van der Waals surface area contributed by atoms with Crippen LogP contribution in [0, 0.1) is 0 Å². The number of halogens is 2. The van der Waals surface area contributed by atoms with E-state index < -0.39 is 0 Å². The van der Waals surface area contributed by atoms with Crippen molar-refractivity contribution in [2.24, 2.45) is 0 Å². The molecule has 1 heterocycles. The molecule has 1 aromatic rings. The number of hydrogen-bond donors (Lipinski definition) is 0. The highest BCUT2D eigenvalue weighted by molar-refractivity contribution is 14.2. The Morgan fingerprint density at radius 2 is 2.56 bits per heavy atom. The highest BCUT2D eigenvalue weighted by Gasteiger charge is 1.97. The third-order valence-electron chi connectivity index (χ3n) is 0.787. The lowest BCUT2D eigenvalue weighted by Crippen LogP contribution is -2.09. The maximum atomic E-state index is 5.52. The Morgan fingerprint density at radius 1 is 1.89 bits per heavy atom. The highest BCUT2D eigenvalue weighted by atomic mass is 127. The molecular formula is C3H2BBrIN2P. The Kier molecular flexibility index (Phi) is 2.98. The molecule has 2 nitrogen and oxygen atoms in total. The van der Waals surface area contributed by atoms with Crippen LogP contribution >= 0.6 is 44.3 Å². The van der Waals surface area contributed by atoms with E-state index in [1.165, 1.54) is 0 Å². The molecule has 0 saturated heterocycles. The lowest BCUT2D eigenvalue weighted by atomic mass is 10.1. The van der Waals surface area contributed by atoms with Gasteiger partial charge in [0.05, 0.1) is 6.37 Å². The van der Waals surface area contributed by atoms with Gasteiger partial charge in [-0.3, -0.25) is 4.45 Å². The van der Waals surface area contributed by atoms with Crippen LogP contribution in [-0.4, -0.2) is 17.4 Å². The van der Waals surface area contributed by atoms with E-state index in [-0.39, 0.29) is 0 Å². The number of hydrogen-bond acceptors (Lipinski definition) is 1. The molecule has 0 amide bonds. The molecule has 9 heavy (non-hydrogen) atoms. The molecule has 2 radical (unpaired) electrons. The molecule has 6 heteroatoms. The quantitative estimate of drug-likeness (QED) is 0.433. The van der Waals surface area contributed by atoms with Gasteiger partial charge in [-0.2, -0.15) is 5.10 Å². The van der Waals surface area contributed by atoms with Gasteiger partial charge in [-0.1, -0.05) is 0 Å². The van der Waals surface area contributed by atoms with Gasteiger partial charge in [-0.15, -0.1) is 0 Å². The Labute approximate surface area is 77.6 Å². The monoisotopic (exact) mass is 314 g/mol.